The summed E-state index contributed by atoms with van der Waals surface area (Å²) in [6, 6.07) is -0.244. The van der Waals surface area contributed by atoms with Crippen molar-refractivity contribution in [3.63, 3.8) is 0 Å². The van der Waals surface area contributed by atoms with Crippen molar-refractivity contribution < 1.29 is 34.1 Å². The van der Waals surface area contributed by atoms with E-state index in [1.54, 1.807) is 22.7 Å². The van der Waals surface area contributed by atoms with Crippen LogP contribution < -0.4 is 26.6 Å². The van der Waals surface area contributed by atoms with Gasteiger partial charge in [0.2, 0.25) is 16.5 Å². The van der Waals surface area contributed by atoms with Crippen LogP contribution in [-0.2, 0) is 19.1 Å². The lowest BCUT2D eigenvalue weighted by atomic mass is 9.91. The predicted octanol–water partition coefficient (Wildman–Crippen LogP) is 1.46. The summed E-state index contributed by atoms with van der Waals surface area (Å²) in [4.78, 5) is 66.4. The number of nitrogens with one attached hydrogen (secondary N) is 5. The highest BCUT2D eigenvalue weighted by Crippen LogP contribution is 2.35. The lowest BCUT2D eigenvalue weighted by Crippen LogP contribution is -2.46. The topological polar surface area (TPSA) is 261 Å². The minimum absolute atomic E-state index is 0.00766. The summed E-state index contributed by atoms with van der Waals surface area (Å²) in [5.74, 6) is 0.187. The summed E-state index contributed by atoms with van der Waals surface area (Å²) in [5, 5.41) is 36.7. The maximum Gasteiger partial charge on any atom is 0.317 e. The van der Waals surface area contributed by atoms with Gasteiger partial charge in [0.05, 0.1) is 12.7 Å². The van der Waals surface area contributed by atoms with Gasteiger partial charge in [0, 0.05) is 44.3 Å². The molecule has 1 saturated carbocycles. The standard InChI is InChI=1S/C35H46Cl2N14O7/c1-3-38-30(54)19-9-10-20(57-19)50-14-40-21-26(45-33(36)47-28(21)50)42-16-5-7-17(8-6-16)44-35(56)49-12-11-18(13-49)43-27-22-29(48-34(37)46-27)51(15-41-22)32-24(53)23(52)25(58-32)31(55)39-4-2/h14-20,23-25,32,52-53H,3-13H2,1-2H3,(H,38,54)(H,39,55)(H,44,56)(H,42,45,47)(H,43,46,48)/t16-,17-,18-,19+,20-,23+,24-,25+,32-/m1/s1. The monoisotopic (exact) mass is 844 g/mol. The first-order valence-electron chi connectivity index (χ1n) is 19.6. The molecule has 0 spiro atoms. The van der Waals surface area contributed by atoms with Crippen LogP contribution >= 0.6 is 23.2 Å². The molecule has 21 nitrogen and oxygen atoms in total. The summed E-state index contributed by atoms with van der Waals surface area (Å²) in [6.07, 6.45) is 1.71. The molecule has 0 radical (unpaired) electrons. The number of hydrogen-bond acceptors (Lipinski definition) is 15. The molecule has 7 heterocycles. The van der Waals surface area contributed by atoms with Gasteiger partial charge >= 0.3 is 6.03 Å². The van der Waals surface area contributed by atoms with Gasteiger partial charge in [-0.2, -0.15) is 19.9 Å². The molecule has 4 aromatic rings. The van der Waals surface area contributed by atoms with Gasteiger partial charge in [-0.15, -0.1) is 0 Å². The quantitative estimate of drug-likeness (QED) is 0.106. The fraction of sp³-hybridized carbons (Fsp3) is 0.629. The lowest BCUT2D eigenvalue weighted by Gasteiger charge is -2.31. The first-order chi connectivity index (χ1) is 28.0. The molecule has 4 fully saturated rings. The number of carbonyl (C=O) groups is 3. The van der Waals surface area contributed by atoms with Crippen molar-refractivity contribution in [3.05, 3.63) is 23.2 Å². The molecule has 3 aliphatic heterocycles. The SMILES string of the molecule is CCNC(=O)[C@@H]1CC[C@H](n2cnc3c(N[C@H]4CC[C@H](NC(=O)N5CC[C@@H](Nc6nc(Cl)nc7c6ncn7[C@@H]6O[C@H](C(=O)NCC)[C@@H](O)[C@H]6O)C5)CC4)nc(Cl)nc32)O1. The van der Waals surface area contributed by atoms with Crippen molar-refractivity contribution in [2.45, 2.75) is 114 Å². The molecule has 4 aliphatic rings. The van der Waals surface area contributed by atoms with Gasteiger partial charge in [-0.25, -0.2) is 14.8 Å². The Morgan fingerprint density at radius 3 is 2.02 bits per heavy atom. The molecule has 23 heteroatoms. The van der Waals surface area contributed by atoms with E-state index in [4.69, 9.17) is 32.7 Å². The number of urea groups is 1. The summed E-state index contributed by atoms with van der Waals surface area (Å²) in [5.41, 5.74) is 1.67. The average Bonchev–Trinajstić information content (AvgIpc) is 4.05. The van der Waals surface area contributed by atoms with Crippen LogP contribution in [0.15, 0.2) is 12.7 Å². The largest absolute Gasteiger partial charge is 0.387 e. The number of aliphatic hydroxyl groups excluding tert-OH is 2. The van der Waals surface area contributed by atoms with Crippen molar-refractivity contribution in [2.24, 2.45) is 0 Å². The van der Waals surface area contributed by atoms with Gasteiger partial charge in [0.15, 0.2) is 46.3 Å². The molecule has 0 bridgehead atoms. The van der Waals surface area contributed by atoms with E-state index in [9.17, 15) is 24.6 Å². The number of aliphatic hydroxyl groups is 2. The Hall–Kier alpha value is -4.67. The number of imidazole rings is 2. The van der Waals surface area contributed by atoms with E-state index >= 15 is 0 Å². The van der Waals surface area contributed by atoms with E-state index in [0.29, 0.717) is 73.8 Å². The molecule has 4 aromatic heterocycles. The molecule has 58 heavy (non-hydrogen) atoms. The molecule has 0 aromatic carbocycles. The Morgan fingerprint density at radius 1 is 0.741 bits per heavy atom. The third-order valence-corrected chi connectivity index (χ3v) is 11.4. The van der Waals surface area contributed by atoms with E-state index in [0.717, 1.165) is 25.7 Å². The summed E-state index contributed by atoms with van der Waals surface area (Å²) >= 11 is 12.7. The molecule has 8 rings (SSSR count). The second-order valence-electron chi connectivity index (χ2n) is 14.9. The Labute approximate surface area is 342 Å². The zero-order valence-electron chi connectivity index (χ0n) is 31.8. The van der Waals surface area contributed by atoms with Gasteiger partial charge in [0.25, 0.3) is 5.91 Å². The van der Waals surface area contributed by atoms with Crippen LogP contribution in [0, 0.1) is 0 Å². The number of rotatable bonds is 11. The number of hydrogen-bond donors (Lipinski definition) is 7. The zero-order valence-corrected chi connectivity index (χ0v) is 33.4. The molecule has 4 amide bonds. The first-order valence-corrected chi connectivity index (χ1v) is 20.4. The minimum atomic E-state index is -1.46. The maximum atomic E-state index is 13.4. The van der Waals surface area contributed by atoms with Crippen LogP contribution in [0.1, 0.15) is 71.2 Å². The van der Waals surface area contributed by atoms with Gasteiger partial charge in [-0.1, -0.05) is 0 Å². The highest BCUT2D eigenvalue weighted by Gasteiger charge is 2.48. The highest BCUT2D eigenvalue weighted by atomic mass is 35.5. The lowest BCUT2D eigenvalue weighted by molar-refractivity contribution is -0.137. The van der Waals surface area contributed by atoms with E-state index in [-0.39, 0.29) is 46.3 Å². The number of carbonyl (C=O) groups excluding carboxylic acids is 3. The van der Waals surface area contributed by atoms with Gasteiger partial charge in [-0.3, -0.25) is 18.7 Å². The molecule has 1 aliphatic carbocycles. The van der Waals surface area contributed by atoms with E-state index < -0.39 is 42.8 Å². The Bertz CT molecular complexity index is 2170. The average molecular weight is 846 g/mol. The van der Waals surface area contributed by atoms with Crippen molar-refractivity contribution in [1.82, 2.24) is 59.9 Å². The number of halogens is 2. The fourth-order valence-corrected chi connectivity index (χ4v) is 8.49. The third-order valence-electron chi connectivity index (χ3n) is 11.1. The van der Waals surface area contributed by atoms with E-state index in [1.807, 2.05) is 6.92 Å². The third kappa shape index (κ3) is 8.02. The molecule has 3 saturated heterocycles. The Kier molecular flexibility index (Phi) is 11.7. The minimum Gasteiger partial charge on any atom is -0.387 e. The maximum absolute atomic E-state index is 13.4. The van der Waals surface area contributed by atoms with Crippen molar-refractivity contribution in [3.8, 4) is 0 Å². The smallest absolute Gasteiger partial charge is 0.317 e. The summed E-state index contributed by atoms with van der Waals surface area (Å²) in [7, 11) is 0. The molecular formula is C35H46Cl2N14O7. The molecular weight excluding hydrogens is 799 g/mol. The van der Waals surface area contributed by atoms with Crippen LogP contribution in [0.5, 0.6) is 0 Å². The van der Waals surface area contributed by atoms with E-state index in [2.05, 4.69) is 56.5 Å². The van der Waals surface area contributed by atoms with Gasteiger partial charge in [0.1, 0.15) is 24.5 Å². The second kappa shape index (κ2) is 16.9. The molecule has 0 unspecified atom stereocenters. The normalized spacial score (nSPS) is 28.6. The van der Waals surface area contributed by atoms with Crippen molar-refractivity contribution >= 4 is 75.0 Å². The highest BCUT2D eigenvalue weighted by molar-refractivity contribution is 6.29. The first kappa shape index (κ1) is 40.1. The van der Waals surface area contributed by atoms with Crippen LogP contribution in [0.2, 0.25) is 10.6 Å². The Morgan fingerprint density at radius 2 is 1.34 bits per heavy atom. The zero-order chi connectivity index (χ0) is 40.7. The predicted molar refractivity (Wildman–Crippen MR) is 209 cm³/mol. The number of ether oxygens (including phenoxy) is 2. The van der Waals surface area contributed by atoms with Crippen LogP contribution in [0.4, 0.5) is 16.4 Å². The number of amides is 4. The van der Waals surface area contributed by atoms with E-state index in [1.165, 1.54) is 10.9 Å². The Balaban J connectivity index is 0.840. The van der Waals surface area contributed by atoms with Crippen LogP contribution in [0.3, 0.4) is 0 Å². The number of likely N-dealkylation sites (N-methyl/N-ethyl adjacent to an activating group) is 2. The number of likely N-dealkylation sites (tertiary alicyclic amines) is 1. The number of fused-ring (bicyclic) bond motifs is 2. The van der Waals surface area contributed by atoms with Crippen LogP contribution in [-0.4, -0.2) is 141 Å². The van der Waals surface area contributed by atoms with Gasteiger partial charge in [-0.05, 0) is 82.0 Å². The second-order valence-corrected chi connectivity index (χ2v) is 15.6. The number of aromatic nitrogens is 8. The molecule has 7 atom stereocenters. The summed E-state index contributed by atoms with van der Waals surface area (Å²) < 4.78 is 15.0. The van der Waals surface area contributed by atoms with Gasteiger partial charge < -0.3 is 51.2 Å². The van der Waals surface area contributed by atoms with Crippen molar-refractivity contribution in [2.75, 3.05) is 36.8 Å². The summed E-state index contributed by atoms with van der Waals surface area (Å²) in [6.45, 7) is 5.40. The van der Waals surface area contributed by atoms with Crippen LogP contribution in [0.25, 0.3) is 22.3 Å². The fourth-order valence-electron chi connectivity index (χ4n) is 8.16. The number of nitrogens with zero attached hydrogens (tertiary/aromatic N) is 9. The van der Waals surface area contributed by atoms with Crippen molar-refractivity contribution in [1.29, 1.82) is 0 Å². The number of anilines is 2. The molecule has 312 valence electrons. The molecule has 7 N–H and O–H groups in total.